The van der Waals surface area contributed by atoms with Gasteiger partial charge in [0.15, 0.2) is 5.84 Å². The summed E-state index contributed by atoms with van der Waals surface area (Å²) in [5.74, 6) is 0.705. The van der Waals surface area contributed by atoms with Gasteiger partial charge in [0.25, 0.3) is 0 Å². The van der Waals surface area contributed by atoms with E-state index >= 15 is 0 Å². The van der Waals surface area contributed by atoms with Gasteiger partial charge in [0.05, 0.1) is 11.6 Å². The number of nitrogens with one attached hydrogen (secondary N) is 1. The van der Waals surface area contributed by atoms with E-state index in [-0.39, 0.29) is 11.6 Å². The third kappa shape index (κ3) is 6.35. The second-order valence-electron chi connectivity index (χ2n) is 12.6. The number of aromatic hydroxyl groups is 1. The first kappa shape index (κ1) is 32.1. The molecule has 6 aromatic carbocycles. The lowest BCUT2D eigenvalue weighted by atomic mass is 9.98. The average molecular weight is 673 g/mol. The fourth-order valence-electron chi connectivity index (χ4n) is 6.60. The average Bonchev–Trinajstić information content (AvgIpc) is 3.59. The molecule has 1 aromatic heterocycles. The molecule has 0 saturated heterocycles. The number of nitrogens with zero attached hydrogens (tertiary/aromatic N) is 3. The van der Waals surface area contributed by atoms with Crippen molar-refractivity contribution < 1.29 is 9.52 Å². The van der Waals surface area contributed by atoms with Crippen LogP contribution in [-0.2, 0) is 0 Å². The summed E-state index contributed by atoms with van der Waals surface area (Å²) in [5.41, 5.74) is 9.87. The van der Waals surface area contributed by atoms with E-state index in [9.17, 15) is 10.4 Å². The number of hydrogen-bond acceptors (Lipinski definition) is 4. The molecule has 248 valence electrons. The lowest BCUT2D eigenvalue weighted by Crippen LogP contribution is -2.07. The molecule has 1 aliphatic rings. The fourth-order valence-corrected chi connectivity index (χ4v) is 6.60. The molecule has 0 aliphatic heterocycles. The van der Waals surface area contributed by atoms with Crippen molar-refractivity contribution in [3.05, 3.63) is 174 Å². The van der Waals surface area contributed by atoms with E-state index in [2.05, 4.69) is 24.3 Å². The van der Waals surface area contributed by atoms with Crippen molar-refractivity contribution >= 4 is 39.8 Å². The number of para-hydroxylation sites is 2. The first-order valence-electron chi connectivity index (χ1n) is 17.1. The van der Waals surface area contributed by atoms with Crippen molar-refractivity contribution in [3.8, 4) is 45.2 Å². The summed E-state index contributed by atoms with van der Waals surface area (Å²) >= 11 is 0. The third-order valence-electron chi connectivity index (χ3n) is 9.26. The second-order valence-corrected chi connectivity index (χ2v) is 12.6. The Morgan fingerprint density at radius 3 is 2.12 bits per heavy atom. The van der Waals surface area contributed by atoms with Crippen molar-refractivity contribution in [3.63, 3.8) is 0 Å². The smallest absolute Gasteiger partial charge is 0.161 e. The number of phenolic OH excluding ortho intramolecular Hbond substituents is 1. The molecule has 2 N–H and O–H groups in total. The highest BCUT2D eigenvalue weighted by molar-refractivity contribution is 6.15. The molecule has 0 fully saturated rings. The van der Waals surface area contributed by atoms with Crippen molar-refractivity contribution in [2.24, 2.45) is 9.98 Å². The van der Waals surface area contributed by atoms with E-state index < -0.39 is 0 Å². The molecule has 0 radical (unpaired) electrons. The van der Waals surface area contributed by atoms with Crippen LogP contribution in [0.3, 0.4) is 0 Å². The molecule has 7 aromatic rings. The zero-order chi connectivity index (χ0) is 35.4. The van der Waals surface area contributed by atoms with Crippen LogP contribution in [0.5, 0.6) is 5.75 Å². The van der Waals surface area contributed by atoms with Crippen molar-refractivity contribution in [2.75, 3.05) is 0 Å². The Hall–Kier alpha value is -7.10. The molecule has 8 rings (SSSR count). The molecule has 6 nitrogen and oxygen atoms in total. The molecule has 0 unspecified atom stereocenters. The predicted molar refractivity (Wildman–Crippen MR) is 211 cm³/mol. The highest BCUT2D eigenvalue weighted by Crippen LogP contribution is 2.40. The van der Waals surface area contributed by atoms with Crippen LogP contribution in [0.2, 0.25) is 0 Å². The van der Waals surface area contributed by atoms with Crippen LogP contribution in [-0.4, -0.2) is 23.0 Å². The summed E-state index contributed by atoms with van der Waals surface area (Å²) in [7, 11) is 0. The monoisotopic (exact) mass is 672 g/mol. The molecule has 1 heterocycles. The van der Waals surface area contributed by atoms with Crippen LogP contribution in [0.4, 0.5) is 0 Å². The number of rotatable bonds is 6. The van der Waals surface area contributed by atoms with Gasteiger partial charge in [-0.15, -0.1) is 0 Å². The molecule has 0 saturated carbocycles. The number of aliphatic imine (C=N–C) groups is 2. The zero-order valence-electron chi connectivity index (χ0n) is 28.1. The maximum absolute atomic E-state index is 10.9. The highest BCUT2D eigenvalue weighted by Gasteiger charge is 2.17. The summed E-state index contributed by atoms with van der Waals surface area (Å²) in [6.45, 7) is 0. The number of phenols is 1. The van der Waals surface area contributed by atoms with E-state index in [4.69, 9.17) is 19.8 Å². The van der Waals surface area contributed by atoms with Crippen LogP contribution in [0.1, 0.15) is 29.5 Å². The van der Waals surface area contributed by atoms with Crippen LogP contribution >= 0.6 is 0 Å². The van der Waals surface area contributed by atoms with E-state index in [0.29, 0.717) is 17.0 Å². The summed E-state index contributed by atoms with van der Waals surface area (Å²) < 4.78 is 6.69. The van der Waals surface area contributed by atoms with Gasteiger partial charge in [0.2, 0.25) is 0 Å². The molecule has 0 bridgehead atoms. The van der Waals surface area contributed by atoms with E-state index in [1.165, 1.54) is 0 Å². The fraction of sp³-hybridized carbons (Fsp3) is 0.0435. The second kappa shape index (κ2) is 14.0. The molecule has 52 heavy (non-hydrogen) atoms. The van der Waals surface area contributed by atoms with Gasteiger partial charge >= 0.3 is 0 Å². The van der Waals surface area contributed by atoms with Gasteiger partial charge < -0.3 is 9.52 Å². The summed E-state index contributed by atoms with van der Waals surface area (Å²) in [5, 5.41) is 31.1. The van der Waals surface area contributed by atoms with Gasteiger partial charge in [-0.1, -0.05) is 127 Å². The topological polar surface area (TPSA) is 106 Å². The first-order chi connectivity index (χ1) is 25.6. The summed E-state index contributed by atoms with van der Waals surface area (Å²) in [6.07, 6.45) is 9.25. The molecule has 0 amide bonds. The maximum atomic E-state index is 10.9. The van der Waals surface area contributed by atoms with Crippen LogP contribution in [0.15, 0.2) is 172 Å². The minimum absolute atomic E-state index is 0.156. The quantitative estimate of drug-likeness (QED) is 0.136. The lowest BCUT2D eigenvalue weighted by Gasteiger charge is -2.10. The Bertz CT molecular complexity index is 2650. The van der Waals surface area contributed by atoms with E-state index in [1.54, 1.807) is 12.3 Å². The molecular weight excluding hydrogens is 641 g/mol. The van der Waals surface area contributed by atoms with Gasteiger partial charge in [-0.3, -0.25) is 5.41 Å². The number of allylic oxidation sites excluding steroid dienone is 3. The van der Waals surface area contributed by atoms with E-state index in [1.807, 2.05) is 127 Å². The Morgan fingerprint density at radius 1 is 0.731 bits per heavy atom. The summed E-state index contributed by atoms with van der Waals surface area (Å²) in [6, 6.07) is 45.2. The highest BCUT2D eigenvalue weighted by atomic mass is 16.3. The largest absolute Gasteiger partial charge is 0.507 e. The van der Waals surface area contributed by atoms with Gasteiger partial charge in [-0.05, 0) is 64.9 Å². The van der Waals surface area contributed by atoms with Gasteiger partial charge in [0, 0.05) is 39.2 Å². The Balaban J connectivity index is 1.20. The zero-order valence-corrected chi connectivity index (χ0v) is 28.1. The minimum Gasteiger partial charge on any atom is -0.507 e. The van der Waals surface area contributed by atoms with Crippen molar-refractivity contribution in [1.82, 2.24) is 0 Å². The van der Waals surface area contributed by atoms with Crippen molar-refractivity contribution in [1.29, 1.82) is 10.7 Å². The lowest BCUT2D eigenvalue weighted by molar-refractivity contribution is 0.477. The Kier molecular flexibility index (Phi) is 8.66. The third-order valence-corrected chi connectivity index (χ3v) is 9.26. The summed E-state index contributed by atoms with van der Waals surface area (Å²) in [4.78, 5) is 9.57. The van der Waals surface area contributed by atoms with Gasteiger partial charge in [-0.2, -0.15) is 5.26 Å². The standard InChI is InChI=1S/C46H32N4O2/c47-28-30-20-23-33(24-21-30)38-16-8-18-40-41-19-9-17-39(44(41)52-43(38)40)35-14-7-15-36(27-35)46(50-45(48)34-12-5-2-6-13-34)49-29-31-22-25-37(42(51)26-31)32-10-3-1-4-11-32/h1-5,7-12,14-27,29,48,51H,6,13H2/b48-45?,49-29+,50-46-. The Labute approximate surface area is 301 Å². The number of benzene rings is 6. The number of fused-ring (bicyclic) bond motifs is 3. The number of amidine groups is 2. The maximum Gasteiger partial charge on any atom is 0.161 e. The molecule has 0 atom stereocenters. The first-order valence-corrected chi connectivity index (χ1v) is 17.1. The molecule has 0 spiro atoms. The molecule has 6 heteroatoms. The normalized spacial score (nSPS) is 13.1. The van der Waals surface area contributed by atoms with Gasteiger partial charge in [-0.25, -0.2) is 9.98 Å². The van der Waals surface area contributed by atoms with Crippen molar-refractivity contribution in [2.45, 2.75) is 12.8 Å². The SMILES string of the molecule is N#Cc1ccc(-c2cccc3c2oc2c(-c4cccc(C(=N/C(=N)C5=CC=CCC5)/N=C/c5ccc(-c6ccccc6)c(O)c5)c4)cccc23)cc1. The predicted octanol–water partition coefficient (Wildman–Crippen LogP) is 11.3. The van der Waals surface area contributed by atoms with Crippen LogP contribution in [0, 0.1) is 16.7 Å². The van der Waals surface area contributed by atoms with E-state index in [0.717, 1.165) is 79.3 Å². The minimum atomic E-state index is 0.156. The molecular formula is C46H32N4O2. The van der Waals surface area contributed by atoms with Crippen LogP contribution in [0.25, 0.3) is 55.3 Å². The number of nitriles is 1. The number of hydrogen-bond donors (Lipinski definition) is 2. The molecule has 1 aliphatic carbocycles. The Morgan fingerprint density at radius 2 is 1.42 bits per heavy atom. The van der Waals surface area contributed by atoms with Crippen LogP contribution < -0.4 is 0 Å². The van der Waals surface area contributed by atoms with Gasteiger partial charge in [0.1, 0.15) is 22.8 Å². The number of furan rings is 1.